The SMILES string of the molecule is CCOC1CCC(CN2CCNC(C)(C)C2)CC1. The second-order valence-corrected chi connectivity index (χ2v) is 6.64. The number of hydrogen-bond acceptors (Lipinski definition) is 3. The van der Waals surface area contributed by atoms with Crippen LogP contribution in [0.4, 0.5) is 0 Å². The highest BCUT2D eigenvalue weighted by Crippen LogP contribution is 2.27. The molecular formula is C15H30N2O. The summed E-state index contributed by atoms with van der Waals surface area (Å²) in [6.07, 6.45) is 5.80. The molecule has 1 saturated carbocycles. The zero-order valence-corrected chi connectivity index (χ0v) is 12.4. The summed E-state index contributed by atoms with van der Waals surface area (Å²) in [7, 11) is 0. The van der Waals surface area contributed by atoms with Crippen LogP contribution in [0.15, 0.2) is 0 Å². The molecule has 2 rings (SSSR count). The van der Waals surface area contributed by atoms with Crippen LogP contribution in [0.5, 0.6) is 0 Å². The third-order valence-electron chi connectivity index (χ3n) is 4.36. The van der Waals surface area contributed by atoms with Crippen LogP contribution in [0, 0.1) is 5.92 Å². The standard InChI is InChI=1S/C15H30N2O/c1-4-18-14-7-5-13(6-8-14)11-17-10-9-16-15(2,3)12-17/h13-14,16H,4-12H2,1-3H3. The van der Waals surface area contributed by atoms with E-state index < -0.39 is 0 Å². The fourth-order valence-electron chi connectivity index (χ4n) is 3.48. The number of piperazine rings is 1. The van der Waals surface area contributed by atoms with E-state index in [1.807, 2.05) is 0 Å². The summed E-state index contributed by atoms with van der Waals surface area (Å²) in [4.78, 5) is 2.65. The molecule has 0 bridgehead atoms. The molecule has 18 heavy (non-hydrogen) atoms. The number of rotatable bonds is 4. The maximum Gasteiger partial charge on any atom is 0.0575 e. The van der Waals surface area contributed by atoms with Crippen LogP contribution >= 0.6 is 0 Å². The molecule has 1 heterocycles. The average molecular weight is 254 g/mol. The highest BCUT2D eigenvalue weighted by molar-refractivity contribution is 4.88. The predicted octanol–water partition coefficient (Wildman–Crippen LogP) is 2.27. The van der Waals surface area contributed by atoms with Crippen LogP contribution in [0.25, 0.3) is 0 Å². The number of hydrogen-bond donors (Lipinski definition) is 1. The van der Waals surface area contributed by atoms with E-state index in [9.17, 15) is 0 Å². The monoisotopic (exact) mass is 254 g/mol. The van der Waals surface area contributed by atoms with Gasteiger partial charge in [0.1, 0.15) is 0 Å². The van der Waals surface area contributed by atoms with Crippen molar-refractivity contribution in [3.05, 3.63) is 0 Å². The van der Waals surface area contributed by atoms with Crippen LogP contribution in [0.2, 0.25) is 0 Å². The topological polar surface area (TPSA) is 24.5 Å². The molecule has 1 saturated heterocycles. The minimum absolute atomic E-state index is 0.292. The van der Waals surface area contributed by atoms with Crippen molar-refractivity contribution in [1.82, 2.24) is 10.2 Å². The zero-order chi connectivity index (χ0) is 13.0. The normalized spacial score (nSPS) is 33.5. The summed E-state index contributed by atoms with van der Waals surface area (Å²) in [6, 6.07) is 0. The van der Waals surface area contributed by atoms with Gasteiger partial charge in [0, 0.05) is 38.3 Å². The van der Waals surface area contributed by atoms with Crippen molar-refractivity contribution in [3.63, 3.8) is 0 Å². The van der Waals surface area contributed by atoms with Crippen molar-refractivity contribution in [2.45, 2.75) is 58.1 Å². The van der Waals surface area contributed by atoms with Gasteiger partial charge in [-0.25, -0.2) is 0 Å². The van der Waals surface area contributed by atoms with Gasteiger partial charge in [0.15, 0.2) is 0 Å². The first-order valence-corrected chi connectivity index (χ1v) is 7.68. The molecule has 0 aromatic heterocycles. The van der Waals surface area contributed by atoms with E-state index in [0.29, 0.717) is 11.6 Å². The van der Waals surface area contributed by atoms with Crippen LogP contribution in [-0.2, 0) is 4.74 Å². The molecule has 1 aliphatic carbocycles. The molecule has 0 atom stereocenters. The lowest BCUT2D eigenvalue weighted by molar-refractivity contribution is 0.0182. The van der Waals surface area contributed by atoms with E-state index in [0.717, 1.165) is 19.1 Å². The molecule has 0 unspecified atom stereocenters. The van der Waals surface area contributed by atoms with Crippen LogP contribution < -0.4 is 5.32 Å². The van der Waals surface area contributed by atoms with Gasteiger partial charge in [0.2, 0.25) is 0 Å². The van der Waals surface area contributed by atoms with E-state index in [1.165, 1.54) is 45.3 Å². The molecule has 3 heteroatoms. The van der Waals surface area contributed by atoms with E-state index in [1.54, 1.807) is 0 Å². The lowest BCUT2D eigenvalue weighted by Crippen LogP contribution is -2.57. The largest absolute Gasteiger partial charge is 0.379 e. The summed E-state index contributed by atoms with van der Waals surface area (Å²) in [5, 5.41) is 3.59. The maximum absolute atomic E-state index is 5.73. The quantitative estimate of drug-likeness (QED) is 0.833. The van der Waals surface area contributed by atoms with Crippen LogP contribution in [-0.4, -0.2) is 49.3 Å². The summed E-state index contributed by atoms with van der Waals surface area (Å²) in [6.45, 7) is 12.4. The summed E-state index contributed by atoms with van der Waals surface area (Å²) < 4.78 is 5.73. The van der Waals surface area contributed by atoms with Gasteiger partial charge in [0.25, 0.3) is 0 Å². The van der Waals surface area contributed by atoms with Gasteiger partial charge < -0.3 is 10.1 Å². The predicted molar refractivity (Wildman–Crippen MR) is 75.9 cm³/mol. The van der Waals surface area contributed by atoms with Gasteiger partial charge in [0.05, 0.1) is 6.10 Å². The van der Waals surface area contributed by atoms with Crippen molar-refractivity contribution < 1.29 is 4.74 Å². The number of nitrogens with one attached hydrogen (secondary N) is 1. The molecule has 3 nitrogen and oxygen atoms in total. The van der Waals surface area contributed by atoms with Crippen LogP contribution in [0.3, 0.4) is 0 Å². The number of ether oxygens (including phenoxy) is 1. The van der Waals surface area contributed by atoms with Crippen molar-refractivity contribution >= 4 is 0 Å². The zero-order valence-electron chi connectivity index (χ0n) is 12.4. The molecule has 0 amide bonds. The number of nitrogens with zero attached hydrogens (tertiary/aromatic N) is 1. The molecular weight excluding hydrogens is 224 g/mol. The average Bonchev–Trinajstić information content (AvgIpc) is 2.31. The Balaban J connectivity index is 1.71. The smallest absolute Gasteiger partial charge is 0.0575 e. The minimum Gasteiger partial charge on any atom is -0.379 e. The first kappa shape index (κ1) is 14.3. The van der Waals surface area contributed by atoms with Crippen molar-refractivity contribution in [1.29, 1.82) is 0 Å². The Bertz CT molecular complexity index is 247. The minimum atomic E-state index is 0.292. The van der Waals surface area contributed by atoms with Crippen molar-refractivity contribution in [2.24, 2.45) is 5.92 Å². The van der Waals surface area contributed by atoms with E-state index >= 15 is 0 Å². The second-order valence-electron chi connectivity index (χ2n) is 6.64. The first-order valence-electron chi connectivity index (χ1n) is 7.68. The maximum atomic E-state index is 5.73. The van der Waals surface area contributed by atoms with Gasteiger partial charge >= 0.3 is 0 Å². The molecule has 2 aliphatic rings. The van der Waals surface area contributed by atoms with E-state index in [2.05, 4.69) is 31.0 Å². The van der Waals surface area contributed by atoms with Crippen molar-refractivity contribution in [3.8, 4) is 0 Å². The lowest BCUT2D eigenvalue weighted by Gasteiger charge is -2.41. The Labute approximate surface area is 112 Å². The Morgan fingerprint density at radius 2 is 1.94 bits per heavy atom. The highest BCUT2D eigenvalue weighted by Gasteiger charge is 2.28. The molecule has 0 radical (unpaired) electrons. The van der Waals surface area contributed by atoms with Gasteiger partial charge in [-0.3, -0.25) is 4.90 Å². The van der Waals surface area contributed by atoms with Gasteiger partial charge in [-0.05, 0) is 52.4 Å². The second kappa shape index (κ2) is 6.36. The molecule has 2 fully saturated rings. The fourth-order valence-corrected chi connectivity index (χ4v) is 3.48. The third kappa shape index (κ3) is 4.22. The fraction of sp³-hybridized carbons (Fsp3) is 1.00. The molecule has 1 aliphatic heterocycles. The Morgan fingerprint density at radius 3 is 2.56 bits per heavy atom. The van der Waals surface area contributed by atoms with Crippen molar-refractivity contribution in [2.75, 3.05) is 32.8 Å². The van der Waals surface area contributed by atoms with Crippen LogP contribution in [0.1, 0.15) is 46.5 Å². The third-order valence-corrected chi connectivity index (χ3v) is 4.36. The Hall–Kier alpha value is -0.120. The van der Waals surface area contributed by atoms with Gasteiger partial charge in [-0.2, -0.15) is 0 Å². The molecule has 0 spiro atoms. The van der Waals surface area contributed by atoms with Gasteiger partial charge in [-0.15, -0.1) is 0 Å². The Kier molecular flexibility index (Phi) is 5.05. The molecule has 106 valence electrons. The van der Waals surface area contributed by atoms with E-state index in [-0.39, 0.29) is 0 Å². The first-order chi connectivity index (χ1) is 8.59. The Morgan fingerprint density at radius 1 is 1.22 bits per heavy atom. The molecule has 0 aromatic carbocycles. The molecule has 0 aromatic rings. The molecule has 1 N–H and O–H groups in total. The summed E-state index contributed by atoms with van der Waals surface area (Å²) in [5.74, 6) is 0.899. The lowest BCUT2D eigenvalue weighted by atomic mass is 9.86. The highest BCUT2D eigenvalue weighted by atomic mass is 16.5. The van der Waals surface area contributed by atoms with Gasteiger partial charge in [-0.1, -0.05) is 0 Å². The van der Waals surface area contributed by atoms with E-state index in [4.69, 9.17) is 4.74 Å². The summed E-state index contributed by atoms with van der Waals surface area (Å²) in [5.41, 5.74) is 0.292. The summed E-state index contributed by atoms with van der Waals surface area (Å²) >= 11 is 0.